The highest BCUT2D eigenvalue weighted by Crippen LogP contribution is 2.19. The summed E-state index contributed by atoms with van der Waals surface area (Å²) in [5.41, 5.74) is 0. The highest BCUT2D eigenvalue weighted by Gasteiger charge is 2.36. The molecule has 1 aliphatic rings. The molecule has 1 N–H and O–H groups in total. The Morgan fingerprint density at radius 3 is 3.06 bits per heavy atom. The molecule has 0 bridgehead atoms. The number of nitrogens with zero attached hydrogens (tertiary/aromatic N) is 3. The Kier molecular flexibility index (Phi) is 2.84. The standard InChI is InChI=1S/C9H12N4O3/c1-16-9(15)6-3-2-4-13(6)8(14)7-10-5-11-12-7/h5-6H,2-4H2,1H3,(H,10,11,12). The summed E-state index contributed by atoms with van der Waals surface area (Å²) in [6.45, 7) is 0.541. The van der Waals surface area contributed by atoms with Gasteiger partial charge in [0.05, 0.1) is 7.11 Å². The Morgan fingerprint density at radius 2 is 2.44 bits per heavy atom. The predicted molar refractivity (Wildman–Crippen MR) is 52.5 cm³/mol. The summed E-state index contributed by atoms with van der Waals surface area (Å²) in [6.07, 6.45) is 2.68. The molecule has 7 nitrogen and oxygen atoms in total. The van der Waals surface area contributed by atoms with Crippen LogP contribution in [0.2, 0.25) is 0 Å². The molecule has 2 rings (SSSR count). The van der Waals surface area contributed by atoms with E-state index in [0.29, 0.717) is 13.0 Å². The smallest absolute Gasteiger partial charge is 0.328 e. The Balaban J connectivity index is 2.14. The molecule has 2 heterocycles. The fourth-order valence-electron chi connectivity index (χ4n) is 1.84. The summed E-state index contributed by atoms with van der Waals surface area (Å²) in [5, 5.41) is 6.09. The van der Waals surface area contributed by atoms with Crippen molar-refractivity contribution in [3.63, 3.8) is 0 Å². The molecule has 1 unspecified atom stereocenters. The summed E-state index contributed by atoms with van der Waals surface area (Å²) in [5.74, 6) is -0.549. The number of likely N-dealkylation sites (tertiary alicyclic amines) is 1. The molecule has 0 aliphatic carbocycles. The highest BCUT2D eigenvalue weighted by atomic mass is 16.5. The van der Waals surface area contributed by atoms with Crippen molar-refractivity contribution in [2.24, 2.45) is 0 Å². The maximum atomic E-state index is 11.9. The first kappa shape index (κ1) is 10.6. The van der Waals surface area contributed by atoms with Gasteiger partial charge in [-0.3, -0.25) is 9.89 Å². The molecule has 1 aliphatic heterocycles. The average Bonchev–Trinajstić information content (AvgIpc) is 2.97. The monoisotopic (exact) mass is 224 g/mol. The predicted octanol–water partition coefficient (Wildman–Crippen LogP) is -0.418. The number of amides is 1. The van der Waals surface area contributed by atoms with Crippen LogP contribution in [0.1, 0.15) is 23.5 Å². The van der Waals surface area contributed by atoms with Crippen molar-refractivity contribution in [1.29, 1.82) is 0 Å². The van der Waals surface area contributed by atoms with Gasteiger partial charge in [-0.05, 0) is 12.8 Å². The number of H-pyrrole nitrogens is 1. The second kappa shape index (κ2) is 4.30. The number of aromatic amines is 1. The molecule has 1 aromatic heterocycles. The van der Waals surface area contributed by atoms with Gasteiger partial charge >= 0.3 is 5.97 Å². The molecule has 0 spiro atoms. The molecule has 0 radical (unpaired) electrons. The van der Waals surface area contributed by atoms with Crippen LogP contribution in [-0.2, 0) is 9.53 Å². The van der Waals surface area contributed by atoms with Gasteiger partial charge in [-0.25, -0.2) is 9.78 Å². The normalized spacial score (nSPS) is 19.8. The van der Waals surface area contributed by atoms with Crippen molar-refractivity contribution in [3.05, 3.63) is 12.2 Å². The van der Waals surface area contributed by atoms with Gasteiger partial charge in [-0.1, -0.05) is 0 Å². The van der Waals surface area contributed by atoms with E-state index in [1.807, 2.05) is 0 Å². The van der Waals surface area contributed by atoms with Crippen LogP contribution in [-0.4, -0.2) is 51.7 Å². The summed E-state index contributed by atoms with van der Waals surface area (Å²) < 4.78 is 4.65. The molecule has 86 valence electrons. The van der Waals surface area contributed by atoms with Crippen LogP contribution in [0.5, 0.6) is 0 Å². The van der Waals surface area contributed by atoms with Gasteiger partial charge < -0.3 is 9.64 Å². The fraction of sp³-hybridized carbons (Fsp3) is 0.556. The molecule has 1 aromatic rings. The van der Waals surface area contributed by atoms with Gasteiger partial charge in [0.2, 0.25) is 5.82 Å². The summed E-state index contributed by atoms with van der Waals surface area (Å²) in [6, 6.07) is -0.498. The van der Waals surface area contributed by atoms with Crippen molar-refractivity contribution >= 4 is 11.9 Å². The Bertz CT molecular complexity index is 389. The second-order valence-electron chi connectivity index (χ2n) is 3.51. The fourth-order valence-corrected chi connectivity index (χ4v) is 1.84. The number of carbonyl (C=O) groups excluding carboxylic acids is 2. The number of esters is 1. The maximum Gasteiger partial charge on any atom is 0.328 e. The Morgan fingerprint density at radius 1 is 1.62 bits per heavy atom. The van der Waals surface area contributed by atoms with E-state index in [1.165, 1.54) is 18.3 Å². The lowest BCUT2D eigenvalue weighted by molar-refractivity contribution is -0.145. The lowest BCUT2D eigenvalue weighted by atomic mass is 10.2. The van der Waals surface area contributed by atoms with Crippen molar-refractivity contribution < 1.29 is 14.3 Å². The van der Waals surface area contributed by atoms with E-state index in [0.717, 1.165) is 6.42 Å². The highest BCUT2D eigenvalue weighted by molar-refractivity contribution is 5.94. The van der Waals surface area contributed by atoms with E-state index >= 15 is 0 Å². The van der Waals surface area contributed by atoms with Crippen LogP contribution < -0.4 is 0 Å². The third kappa shape index (κ3) is 1.75. The van der Waals surface area contributed by atoms with Crippen LogP contribution in [0.25, 0.3) is 0 Å². The van der Waals surface area contributed by atoms with E-state index in [1.54, 1.807) is 0 Å². The summed E-state index contributed by atoms with van der Waals surface area (Å²) >= 11 is 0. The molecular weight excluding hydrogens is 212 g/mol. The van der Waals surface area contributed by atoms with Crippen molar-refractivity contribution in [3.8, 4) is 0 Å². The van der Waals surface area contributed by atoms with E-state index in [9.17, 15) is 9.59 Å². The zero-order chi connectivity index (χ0) is 11.5. The number of carbonyl (C=O) groups is 2. The average molecular weight is 224 g/mol. The zero-order valence-corrected chi connectivity index (χ0v) is 8.84. The SMILES string of the molecule is COC(=O)C1CCCN1C(=O)c1ncn[nH]1. The molecule has 1 fully saturated rings. The lowest BCUT2D eigenvalue weighted by Crippen LogP contribution is -2.41. The van der Waals surface area contributed by atoms with Crippen LogP contribution in [0.3, 0.4) is 0 Å². The number of aromatic nitrogens is 3. The van der Waals surface area contributed by atoms with Crippen LogP contribution in [0.4, 0.5) is 0 Å². The third-order valence-electron chi connectivity index (χ3n) is 2.60. The number of ether oxygens (including phenoxy) is 1. The number of hydrogen-bond acceptors (Lipinski definition) is 5. The van der Waals surface area contributed by atoms with Gasteiger partial charge in [0.1, 0.15) is 12.4 Å². The first-order valence-corrected chi connectivity index (χ1v) is 4.98. The first-order chi connectivity index (χ1) is 7.74. The minimum absolute atomic E-state index is 0.149. The molecule has 1 atom stereocenters. The molecule has 0 aromatic carbocycles. The van der Waals surface area contributed by atoms with Gasteiger partial charge in [0.25, 0.3) is 5.91 Å². The second-order valence-corrected chi connectivity index (χ2v) is 3.51. The molecule has 0 saturated carbocycles. The number of methoxy groups -OCH3 is 1. The largest absolute Gasteiger partial charge is 0.467 e. The first-order valence-electron chi connectivity index (χ1n) is 4.98. The van der Waals surface area contributed by atoms with Gasteiger partial charge in [0, 0.05) is 6.54 Å². The number of nitrogens with one attached hydrogen (secondary N) is 1. The maximum absolute atomic E-state index is 11.9. The van der Waals surface area contributed by atoms with E-state index in [4.69, 9.17) is 0 Å². The lowest BCUT2D eigenvalue weighted by Gasteiger charge is -2.21. The zero-order valence-electron chi connectivity index (χ0n) is 8.84. The van der Waals surface area contributed by atoms with Crippen molar-refractivity contribution in [1.82, 2.24) is 20.1 Å². The molecule has 1 amide bonds. The van der Waals surface area contributed by atoms with Crippen molar-refractivity contribution in [2.75, 3.05) is 13.7 Å². The molecular formula is C9H12N4O3. The Labute approximate surface area is 91.8 Å². The van der Waals surface area contributed by atoms with E-state index < -0.39 is 6.04 Å². The minimum Gasteiger partial charge on any atom is -0.467 e. The summed E-state index contributed by atoms with van der Waals surface area (Å²) in [4.78, 5) is 28.6. The molecule has 16 heavy (non-hydrogen) atoms. The molecule has 7 heteroatoms. The summed E-state index contributed by atoms with van der Waals surface area (Å²) in [7, 11) is 1.32. The van der Waals surface area contributed by atoms with Crippen molar-refractivity contribution in [2.45, 2.75) is 18.9 Å². The Hall–Kier alpha value is -1.92. The van der Waals surface area contributed by atoms with Crippen LogP contribution >= 0.6 is 0 Å². The van der Waals surface area contributed by atoms with Gasteiger partial charge in [-0.2, -0.15) is 5.10 Å². The quantitative estimate of drug-likeness (QED) is 0.689. The number of hydrogen-bond donors (Lipinski definition) is 1. The van der Waals surface area contributed by atoms with Gasteiger partial charge in [-0.15, -0.1) is 0 Å². The van der Waals surface area contributed by atoms with Gasteiger partial charge in [0.15, 0.2) is 0 Å². The van der Waals surface area contributed by atoms with E-state index in [-0.39, 0.29) is 17.7 Å². The van der Waals surface area contributed by atoms with Crippen LogP contribution in [0, 0.1) is 0 Å². The third-order valence-corrected chi connectivity index (χ3v) is 2.60. The topological polar surface area (TPSA) is 88.2 Å². The van der Waals surface area contributed by atoms with Crippen LogP contribution in [0.15, 0.2) is 6.33 Å². The number of rotatable bonds is 2. The van der Waals surface area contributed by atoms with E-state index in [2.05, 4.69) is 19.9 Å². The molecule has 1 saturated heterocycles. The minimum atomic E-state index is -0.498.